The van der Waals surface area contributed by atoms with E-state index in [0.717, 1.165) is 0 Å². The molecule has 0 heterocycles. The van der Waals surface area contributed by atoms with E-state index in [0.29, 0.717) is 6.61 Å². The molecule has 7 heavy (non-hydrogen) atoms. The first-order valence-electron chi connectivity index (χ1n) is 2.10. The highest BCUT2D eigenvalue weighted by Gasteiger charge is 1.69. The number of aliphatic imine (C=N–C) groups is 1. The summed E-state index contributed by atoms with van der Waals surface area (Å²) in [5.74, 6) is 0. The SMILES string of the molecule is CCOOC=NC. The van der Waals surface area contributed by atoms with Gasteiger partial charge < -0.3 is 4.89 Å². The molecule has 0 rings (SSSR count). The van der Waals surface area contributed by atoms with Gasteiger partial charge in [-0.3, -0.25) is 4.99 Å². The van der Waals surface area contributed by atoms with Crippen molar-refractivity contribution in [3.05, 3.63) is 0 Å². The first-order chi connectivity index (χ1) is 3.41. The van der Waals surface area contributed by atoms with Crippen LogP contribution in [0.1, 0.15) is 6.92 Å². The fourth-order valence-corrected chi connectivity index (χ4v) is 0.142. The highest BCUT2D eigenvalue weighted by Crippen LogP contribution is 1.69. The molecule has 0 spiro atoms. The van der Waals surface area contributed by atoms with Crippen molar-refractivity contribution in [2.45, 2.75) is 6.92 Å². The van der Waals surface area contributed by atoms with Crippen molar-refractivity contribution in [1.29, 1.82) is 0 Å². The number of hydrogen-bond donors (Lipinski definition) is 0. The zero-order valence-corrected chi connectivity index (χ0v) is 4.55. The summed E-state index contributed by atoms with van der Waals surface area (Å²) < 4.78 is 0. The largest absolute Gasteiger partial charge is 0.326 e. The third-order valence-corrected chi connectivity index (χ3v) is 0.334. The normalized spacial score (nSPS) is 10.0. The van der Waals surface area contributed by atoms with Crippen LogP contribution in [0.25, 0.3) is 0 Å². The van der Waals surface area contributed by atoms with Gasteiger partial charge in [0.1, 0.15) is 0 Å². The Balaban J connectivity index is 2.69. The van der Waals surface area contributed by atoms with Crippen LogP contribution in [-0.2, 0) is 9.78 Å². The zero-order chi connectivity index (χ0) is 5.54. The fraction of sp³-hybridized carbons (Fsp3) is 0.750. The monoisotopic (exact) mass is 103 g/mol. The minimum Gasteiger partial charge on any atom is -0.326 e. The molecular formula is C4H9NO2. The molecule has 0 fully saturated rings. The Labute approximate surface area is 42.9 Å². The summed E-state index contributed by atoms with van der Waals surface area (Å²) in [6.45, 7) is 2.38. The van der Waals surface area contributed by atoms with Crippen LogP contribution >= 0.6 is 0 Å². The van der Waals surface area contributed by atoms with Gasteiger partial charge in [-0.2, -0.15) is 4.89 Å². The Morgan fingerprint density at radius 2 is 2.43 bits per heavy atom. The van der Waals surface area contributed by atoms with Crippen molar-refractivity contribution in [3.8, 4) is 0 Å². The van der Waals surface area contributed by atoms with Crippen molar-refractivity contribution < 1.29 is 9.78 Å². The van der Waals surface area contributed by atoms with Crippen molar-refractivity contribution in [1.82, 2.24) is 0 Å². The third kappa shape index (κ3) is 5.43. The summed E-state index contributed by atoms with van der Waals surface area (Å²) >= 11 is 0. The highest BCUT2D eigenvalue weighted by atomic mass is 17.2. The molecule has 42 valence electrons. The van der Waals surface area contributed by atoms with Crippen molar-refractivity contribution >= 4 is 6.40 Å². The minimum absolute atomic E-state index is 0.548. The maximum atomic E-state index is 4.42. The van der Waals surface area contributed by atoms with Gasteiger partial charge in [-0.15, -0.1) is 0 Å². The molecule has 0 aromatic carbocycles. The van der Waals surface area contributed by atoms with Crippen LogP contribution in [0.2, 0.25) is 0 Å². The van der Waals surface area contributed by atoms with E-state index in [2.05, 4.69) is 14.8 Å². The Bertz CT molecular complexity index is 53.7. The van der Waals surface area contributed by atoms with Crippen molar-refractivity contribution in [3.63, 3.8) is 0 Å². The molecule has 0 aromatic heterocycles. The van der Waals surface area contributed by atoms with Crippen LogP contribution in [0.5, 0.6) is 0 Å². The molecule has 0 N–H and O–H groups in total. The standard InChI is InChI=1S/C4H9NO2/c1-3-6-7-4-5-2/h4H,3H2,1-2H3. The Morgan fingerprint density at radius 1 is 1.71 bits per heavy atom. The molecule has 0 saturated carbocycles. The molecule has 3 heteroatoms. The maximum absolute atomic E-state index is 4.42. The van der Waals surface area contributed by atoms with Gasteiger partial charge in [0.15, 0.2) is 0 Å². The number of nitrogens with zero attached hydrogens (tertiary/aromatic N) is 1. The van der Waals surface area contributed by atoms with Gasteiger partial charge in [0.2, 0.25) is 6.40 Å². The lowest BCUT2D eigenvalue weighted by Gasteiger charge is -1.90. The Kier molecular flexibility index (Phi) is 4.99. The molecule has 0 aromatic rings. The average molecular weight is 103 g/mol. The summed E-state index contributed by atoms with van der Waals surface area (Å²) in [6, 6.07) is 0. The summed E-state index contributed by atoms with van der Waals surface area (Å²) in [6.07, 6.45) is 1.24. The topological polar surface area (TPSA) is 30.8 Å². The lowest BCUT2D eigenvalue weighted by Crippen LogP contribution is -1.88. The van der Waals surface area contributed by atoms with Crippen LogP contribution in [0.4, 0.5) is 0 Å². The van der Waals surface area contributed by atoms with Crippen LogP contribution in [-0.4, -0.2) is 20.1 Å². The summed E-state index contributed by atoms with van der Waals surface area (Å²) in [7, 11) is 1.61. The van der Waals surface area contributed by atoms with Gasteiger partial charge in [0.05, 0.1) is 6.61 Å². The lowest BCUT2D eigenvalue weighted by atomic mass is 10.9. The lowest BCUT2D eigenvalue weighted by molar-refractivity contribution is -0.211. The second kappa shape index (κ2) is 5.43. The molecule has 0 amide bonds. The molecule has 0 radical (unpaired) electrons. The molecule has 0 unspecified atom stereocenters. The molecule has 0 aliphatic carbocycles. The van der Waals surface area contributed by atoms with Gasteiger partial charge in [0.25, 0.3) is 0 Å². The van der Waals surface area contributed by atoms with E-state index in [9.17, 15) is 0 Å². The number of rotatable bonds is 3. The second-order valence-corrected chi connectivity index (χ2v) is 0.866. The van der Waals surface area contributed by atoms with Crippen LogP contribution in [0.3, 0.4) is 0 Å². The minimum atomic E-state index is 0.548. The predicted molar refractivity (Wildman–Crippen MR) is 27.1 cm³/mol. The van der Waals surface area contributed by atoms with Gasteiger partial charge in [-0.25, -0.2) is 0 Å². The van der Waals surface area contributed by atoms with Crippen molar-refractivity contribution in [2.24, 2.45) is 4.99 Å². The van der Waals surface area contributed by atoms with Crippen molar-refractivity contribution in [2.75, 3.05) is 13.7 Å². The van der Waals surface area contributed by atoms with E-state index in [1.54, 1.807) is 7.05 Å². The van der Waals surface area contributed by atoms with Gasteiger partial charge in [-0.05, 0) is 6.92 Å². The highest BCUT2D eigenvalue weighted by molar-refractivity contribution is 5.44. The number of hydrogen-bond acceptors (Lipinski definition) is 3. The molecule has 0 aliphatic heterocycles. The van der Waals surface area contributed by atoms with Gasteiger partial charge in [-0.1, -0.05) is 0 Å². The van der Waals surface area contributed by atoms with Crippen LogP contribution < -0.4 is 0 Å². The van der Waals surface area contributed by atoms with Crippen LogP contribution in [0, 0.1) is 0 Å². The quantitative estimate of drug-likeness (QED) is 0.172. The average Bonchev–Trinajstić information content (AvgIpc) is 1.69. The summed E-state index contributed by atoms with van der Waals surface area (Å²) in [5, 5.41) is 0. The molecule has 0 bridgehead atoms. The van der Waals surface area contributed by atoms with E-state index >= 15 is 0 Å². The summed E-state index contributed by atoms with van der Waals surface area (Å²) in [4.78, 5) is 12.3. The fourth-order valence-electron chi connectivity index (χ4n) is 0.142. The maximum Gasteiger partial charge on any atom is 0.214 e. The molecular weight excluding hydrogens is 94.0 g/mol. The van der Waals surface area contributed by atoms with Gasteiger partial charge in [0, 0.05) is 7.05 Å². The first kappa shape index (κ1) is 6.43. The molecule has 0 aliphatic rings. The van der Waals surface area contributed by atoms with Gasteiger partial charge >= 0.3 is 0 Å². The van der Waals surface area contributed by atoms with E-state index < -0.39 is 0 Å². The Hall–Kier alpha value is -0.570. The first-order valence-corrected chi connectivity index (χ1v) is 2.10. The predicted octanol–water partition coefficient (Wildman–Crippen LogP) is 0.613. The molecule has 0 atom stereocenters. The Morgan fingerprint density at radius 3 is 2.86 bits per heavy atom. The van der Waals surface area contributed by atoms with E-state index in [1.165, 1.54) is 6.40 Å². The smallest absolute Gasteiger partial charge is 0.214 e. The zero-order valence-electron chi connectivity index (χ0n) is 4.55. The second-order valence-electron chi connectivity index (χ2n) is 0.866. The molecule has 0 saturated heterocycles. The van der Waals surface area contributed by atoms with E-state index in [1.807, 2.05) is 6.92 Å². The third-order valence-electron chi connectivity index (χ3n) is 0.334. The van der Waals surface area contributed by atoms with Crippen LogP contribution in [0.15, 0.2) is 4.99 Å². The molecule has 3 nitrogen and oxygen atoms in total. The van der Waals surface area contributed by atoms with E-state index in [-0.39, 0.29) is 0 Å². The summed E-state index contributed by atoms with van der Waals surface area (Å²) in [5.41, 5.74) is 0. The van der Waals surface area contributed by atoms with E-state index in [4.69, 9.17) is 0 Å².